The first-order chi connectivity index (χ1) is 12.6. The molecule has 0 spiro atoms. The molecular formula is C19H23ClN2O4. The molecular weight excluding hydrogens is 356 g/mol. The van der Waals surface area contributed by atoms with Gasteiger partial charge in [-0.05, 0) is 36.2 Å². The van der Waals surface area contributed by atoms with E-state index in [1.54, 1.807) is 26.4 Å². The maximum atomic E-state index is 11.8. The first-order valence-electron chi connectivity index (χ1n) is 8.24. The zero-order valence-electron chi connectivity index (χ0n) is 14.9. The van der Waals surface area contributed by atoms with Crippen LogP contribution < -0.4 is 24.8 Å². The maximum Gasteiger partial charge on any atom is 0.314 e. The Bertz CT molecular complexity index is 724. The Balaban J connectivity index is 1.65. The van der Waals surface area contributed by atoms with E-state index >= 15 is 0 Å². The monoisotopic (exact) mass is 378 g/mol. The molecule has 0 heterocycles. The lowest BCUT2D eigenvalue weighted by molar-refractivity contribution is 0.236. The molecule has 0 aromatic heterocycles. The van der Waals surface area contributed by atoms with Crippen molar-refractivity contribution >= 4 is 17.6 Å². The SMILES string of the molecule is COc1ccc(CCNC(=O)NCCOc2ccccc2Cl)cc1OC. The molecule has 0 saturated heterocycles. The number of rotatable bonds is 9. The van der Waals surface area contributed by atoms with Crippen molar-refractivity contribution in [3.8, 4) is 17.2 Å². The van der Waals surface area contributed by atoms with Gasteiger partial charge in [-0.1, -0.05) is 29.8 Å². The van der Waals surface area contributed by atoms with Gasteiger partial charge in [-0.2, -0.15) is 0 Å². The minimum atomic E-state index is -0.242. The summed E-state index contributed by atoms with van der Waals surface area (Å²) in [6.07, 6.45) is 0.684. The van der Waals surface area contributed by atoms with Crippen molar-refractivity contribution < 1.29 is 19.0 Å². The van der Waals surface area contributed by atoms with Gasteiger partial charge < -0.3 is 24.8 Å². The Morgan fingerprint density at radius 2 is 1.69 bits per heavy atom. The third-order valence-electron chi connectivity index (χ3n) is 3.63. The summed E-state index contributed by atoms with van der Waals surface area (Å²) in [5, 5.41) is 6.09. The van der Waals surface area contributed by atoms with Gasteiger partial charge in [0.1, 0.15) is 12.4 Å². The molecule has 2 rings (SSSR count). The molecule has 26 heavy (non-hydrogen) atoms. The number of carbonyl (C=O) groups is 1. The predicted octanol–water partition coefficient (Wildman–Crippen LogP) is 3.28. The number of nitrogens with one attached hydrogen (secondary N) is 2. The molecule has 140 valence electrons. The number of hydrogen-bond acceptors (Lipinski definition) is 4. The highest BCUT2D eigenvalue weighted by Crippen LogP contribution is 2.27. The van der Waals surface area contributed by atoms with Gasteiger partial charge in [0.15, 0.2) is 11.5 Å². The van der Waals surface area contributed by atoms with Gasteiger partial charge in [0, 0.05) is 6.54 Å². The Labute approximate surface area is 158 Å². The van der Waals surface area contributed by atoms with Crippen LogP contribution in [0.1, 0.15) is 5.56 Å². The number of halogens is 1. The summed E-state index contributed by atoms with van der Waals surface area (Å²) in [4.78, 5) is 11.8. The molecule has 0 radical (unpaired) electrons. The lowest BCUT2D eigenvalue weighted by Gasteiger charge is -2.11. The Morgan fingerprint density at radius 3 is 2.42 bits per heavy atom. The van der Waals surface area contributed by atoms with Gasteiger partial charge in [0.05, 0.1) is 25.8 Å². The first-order valence-corrected chi connectivity index (χ1v) is 8.61. The molecule has 0 unspecified atom stereocenters. The molecule has 0 atom stereocenters. The second kappa shape index (κ2) is 10.4. The number of ether oxygens (including phenoxy) is 3. The molecule has 2 N–H and O–H groups in total. The standard InChI is InChI=1S/C19H23ClN2O4/c1-24-17-8-7-14(13-18(17)25-2)9-10-21-19(23)22-11-12-26-16-6-4-3-5-15(16)20/h3-8,13H,9-12H2,1-2H3,(H2,21,22,23). The molecule has 6 nitrogen and oxygen atoms in total. The van der Waals surface area contributed by atoms with Crippen molar-refractivity contribution in [2.45, 2.75) is 6.42 Å². The van der Waals surface area contributed by atoms with Crippen molar-refractivity contribution in [1.29, 1.82) is 0 Å². The second-order valence-corrected chi connectivity index (χ2v) is 5.81. The van der Waals surface area contributed by atoms with Crippen LogP contribution in [-0.2, 0) is 6.42 Å². The first kappa shape index (κ1) is 19.7. The van der Waals surface area contributed by atoms with E-state index in [0.29, 0.717) is 48.4 Å². The normalized spacial score (nSPS) is 10.1. The molecule has 0 aliphatic rings. The van der Waals surface area contributed by atoms with Crippen LogP contribution in [0.3, 0.4) is 0 Å². The summed E-state index contributed by atoms with van der Waals surface area (Å²) in [5.41, 5.74) is 1.05. The summed E-state index contributed by atoms with van der Waals surface area (Å²) in [6, 6.07) is 12.7. The number of urea groups is 1. The number of para-hydroxylation sites is 1. The van der Waals surface area contributed by atoms with Crippen molar-refractivity contribution in [2.24, 2.45) is 0 Å². The van der Waals surface area contributed by atoms with Gasteiger partial charge in [0.2, 0.25) is 0 Å². The fourth-order valence-electron chi connectivity index (χ4n) is 2.31. The van der Waals surface area contributed by atoms with Crippen molar-refractivity contribution in [2.75, 3.05) is 33.9 Å². The van der Waals surface area contributed by atoms with Crippen molar-refractivity contribution in [3.63, 3.8) is 0 Å². The van der Waals surface area contributed by atoms with E-state index in [4.69, 9.17) is 25.8 Å². The molecule has 0 aliphatic heterocycles. The van der Waals surface area contributed by atoms with E-state index < -0.39 is 0 Å². The fourth-order valence-corrected chi connectivity index (χ4v) is 2.50. The lowest BCUT2D eigenvalue weighted by Crippen LogP contribution is -2.38. The van der Waals surface area contributed by atoms with E-state index in [1.807, 2.05) is 30.3 Å². The Hall–Kier alpha value is -2.60. The predicted molar refractivity (Wildman–Crippen MR) is 102 cm³/mol. The van der Waals surface area contributed by atoms with Crippen LogP contribution in [0.25, 0.3) is 0 Å². The fraction of sp³-hybridized carbons (Fsp3) is 0.316. The van der Waals surface area contributed by atoms with Crippen LogP contribution in [0.5, 0.6) is 17.2 Å². The number of hydrogen-bond donors (Lipinski definition) is 2. The van der Waals surface area contributed by atoms with E-state index in [2.05, 4.69) is 10.6 Å². The topological polar surface area (TPSA) is 68.8 Å². The quantitative estimate of drug-likeness (QED) is 0.657. The van der Waals surface area contributed by atoms with Gasteiger partial charge in [-0.25, -0.2) is 4.79 Å². The lowest BCUT2D eigenvalue weighted by atomic mass is 10.1. The minimum Gasteiger partial charge on any atom is -0.493 e. The van der Waals surface area contributed by atoms with Crippen LogP contribution >= 0.6 is 11.6 Å². The maximum absolute atomic E-state index is 11.8. The van der Waals surface area contributed by atoms with Crippen LogP contribution in [-0.4, -0.2) is 39.9 Å². The highest BCUT2D eigenvalue weighted by molar-refractivity contribution is 6.32. The highest BCUT2D eigenvalue weighted by Gasteiger charge is 2.05. The van der Waals surface area contributed by atoms with Crippen LogP contribution in [0, 0.1) is 0 Å². The van der Waals surface area contributed by atoms with E-state index in [-0.39, 0.29) is 6.03 Å². The van der Waals surface area contributed by atoms with Gasteiger partial charge >= 0.3 is 6.03 Å². The number of amides is 2. The van der Waals surface area contributed by atoms with Gasteiger partial charge in [-0.3, -0.25) is 0 Å². The summed E-state index contributed by atoms with van der Waals surface area (Å²) in [7, 11) is 3.19. The smallest absolute Gasteiger partial charge is 0.314 e. The zero-order valence-corrected chi connectivity index (χ0v) is 15.6. The Kier molecular flexibility index (Phi) is 7.89. The number of carbonyl (C=O) groups excluding carboxylic acids is 1. The van der Waals surface area contributed by atoms with E-state index in [1.165, 1.54) is 0 Å². The zero-order chi connectivity index (χ0) is 18.8. The van der Waals surface area contributed by atoms with Crippen molar-refractivity contribution in [1.82, 2.24) is 10.6 Å². The van der Waals surface area contributed by atoms with E-state index in [0.717, 1.165) is 5.56 Å². The van der Waals surface area contributed by atoms with Gasteiger partial charge in [0.25, 0.3) is 0 Å². The molecule has 0 aliphatic carbocycles. The third-order valence-corrected chi connectivity index (χ3v) is 3.94. The second-order valence-electron chi connectivity index (χ2n) is 5.40. The molecule has 0 fully saturated rings. The van der Waals surface area contributed by atoms with Crippen molar-refractivity contribution in [3.05, 3.63) is 53.1 Å². The summed E-state index contributed by atoms with van der Waals surface area (Å²) < 4.78 is 16.0. The van der Waals surface area contributed by atoms with Crippen LogP contribution in [0.2, 0.25) is 5.02 Å². The average molecular weight is 379 g/mol. The van der Waals surface area contributed by atoms with Crippen LogP contribution in [0.4, 0.5) is 4.79 Å². The largest absolute Gasteiger partial charge is 0.493 e. The number of benzene rings is 2. The summed E-state index contributed by atoms with van der Waals surface area (Å²) in [6.45, 7) is 1.23. The summed E-state index contributed by atoms with van der Waals surface area (Å²) >= 11 is 5.99. The minimum absolute atomic E-state index is 0.242. The van der Waals surface area contributed by atoms with Crippen LogP contribution in [0.15, 0.2) is 42.5 Å². The molecule has 0 bridgehead atoms. The molecule has 7 heteroatoms. The average Bonchev–Trinajstić information content (AvgIpc) is 2.66. The Morgan fingerprint density at radius 1 is 0.962 bits per heavy atom. The number of methoxy groups -OCH3 is 2. The third kappa shape index (κ3) is 6.04. The molecule has 2 amide bonds. The van der Waals surface area contributed by atoms with E-state index in [9.17, 15) is 4.79 Å². The van der Waals surface area contributed by atoms with Gasteiger partial charge in [-0.15, -0.1) is 0 Å². The molecule has 2 aromatic rings. The highest BCUT2D eigenvalue weighted by atomic mass is 35.5. The molecule has 0 saturated carbocycles. The summed E-state index contributed by atoms with van der Waals surface area (Å²) in [5.74, 6) is 1.96. The molecule has 2 aromatic carbocycles.